The van der Waals surface area contributed by atoms with Crippen molar-refractivity contribution in [2.45, 2.75) is 6.92 Å². The highest BCUT2D eigenvalue weighted by Gasteiger charge is 1.94. The molecular formula is C8H12O2. The molecule has 0 bridgehead atoms. The summed E-state index contributed by atoms with van der Waals surface area (Å²) in [5.41, 5.74) is 0. The Balaban J connectivity index is 4.44. The number of rotatable bonds is 3. The van der Waals surface area contributed by atoms with Crippen LogP contribution in [0.4, 0.5) is 0 Å². The van der Waals surface area contributed by atoms with Gasteiger partial charge in [0.1, 0.15) is 0 Å². The van der Waals surface area contributed by atoms with Crippen LogP contribution in [0, 0.1) is 0 Å². The fraction of sp³-hybridized carbons (Fsp3) is 0.250. The maximum atomic E-state index is 9.03. The van der Waals surface area contributed by atoms with E-state index in [4.69, 9.17) is 9.84 Å². The lowest BCUT2D eigenvalue weighted by molar-refractivity contribution is 0.275. The van der Waals surface area contributed by atoms with Crippen LogP contribution in [0.25, 0.3) is 0 Å². The molecule has 56 valence electrons. The van der Waals surface area contributed by atoms with Crippen molar-refractivity contribution >= 4 is 0 Å². The van der Waals surface area contributed by atoms with Gasteiger partial charge in [-0.15, -0.1) is 0 Å². The predicted octanol–water partition coefficient (Wildman–Crippen LogP) is 2.16. The number of hydrogen-bond donors (Lipinski definition) is 1. The van der Waals surface area contributed by atoms with Crippen molar-refractivity contribution in [3.05, 3.63) is 36.3 Å². The van der Waals surface area contributed by atoms with Gasteiger partial charge >= 0.3 is 0 Å². The molecule has 0 unspecified atom stereocenters. The van der Waals surface area contributed by atoms with Crippen LogP contribution in [-0.4, -0.2) is 12.2 Å². The molecule has 2 nitrogen and oxygen atoms in total. The molecule has 0 aromatic carbocycles. The number of hydrogen-bond acceptors (Lipinski definition) is 2. The normalized spacial score (nSPS) is 13.0. The van der Waals surface area contributed by atoms with Gasteiger partial charge < -0.3 is 9.84 Å². The molecule has 2 heteroatoms. The van der Waals surface area contributed by atoms with Crippen LogP contribution in [0.5, 0.6) is 0 Å². The Labute approximate surface area is 61.1 Å². The Morgan fingerprint density at radius 3 is 2.50 bits per heavy atom. The van der Waals surface area contributed by atoms with Gasteiger partial charge in [0.2, 0.25) is 0 Å². The van der Waals surface area contributed by atoms with Gasteiger partial charge in [-0.1, -0.05) is 12.7 Å². The van der Waals surface area contributed by atoms with E-state index in [1.807, 2.05) is 6.92 Å². The fourth-order valence-corrected chi connectivity index (χ4v) is 0.510. The summed E-state index contributed by atoms with van der Waals surface area (Å²) in [6.07, 6.45) is 4.77. The summed E-state index contributed by atoms with van der Waals surface area (Å²) in [6.45, 7) is 5.23. The van der Waals surface area contributed by atoms with Gasteiger partial charge in [0, 0.05) is 0 Å². The van der Waals surface area contributed by atoms with Crippen LogP contribution in [0.3, 0.4) is 0 Å². The van der Waals surface area contributed by atoms with E-state index in [1.165, 1.54) is 13.2 Å². The van der Waals surface area contributed by atoms with E-state index in [-0.39, 0.29) is 5.76 Å². The van der Waals surface area contributed by atoms with Gasteiger partial charge in [-0.25, -0.2) is 0 Å². The molecule has 0 aromatic heterocycles. The molecule has 0 rings (SSSR count). The molecule has 0 aliphatic carbocycles. The van der Waals surface area contributed by atoms with E-state index in [0.29, 0.717) is 5.76 Å². The Hall–Kier alpha value is -1.18. The van der Waals surface area contributed by atoms with Crippen LogP contribution in [-0.2, 0) is 4.74 Å². The SMILES string of the molecule is C=C/C(O)=C(\C=CC)OC. The van der Waals surface area contributed by atoms with E-state index >= 15 is 0 Å². The van der Waals surface area contributed by atoms with E-state index in [9.17, 15) is 0 Å². The molecule has 0 saturated carbocycles. The summed E-state index contributed by atoms with van der Waals surface area (Å²) in [6, 6.07) is 0. The molecule has 0 saturated heterocycles. The molecule has 0 spiro atoms. The van der Waals surface area contributed by atoms with Crippen molar-refractivity contribution in [3.8, 4) is 0 Å². The Kier molecular flexibility index (Phi) is 4.12. The Morgan fingerprint density at radius 1 is 1.60 bits per heavy atom. The smallest absolute Gasteiger partial charge is 0.160 e. The van der Waals surface area contributed by atoms with Crippen LogP contribution >= 0.6 is 0 Å². The van der Waals surface area contributed by atoms with E-state index < -0.39 is 0 Å². The summed E-state index contributed by atoms with van der Waals surface area (Å²) in [4.78, 5) is 0. The molecule has 0 aliphatic heterocycles. The first-order chi connectivity index (χ1) is 4.76. The number of ether oxygens (including phenoxy) is 1. The average molecular weight is 140 g/mol. The second-order valence-corrected chi connectivity index (χ2v) is 1.66. The second-order valence-electron chi connectivity index (χ2n) is 1.66. The summed E-state index contributed by atoms with van der Waals surface area (Å²) in [5.74, 6) is 0.484. The fourth-order valence-electron chi connectivity index (χ4n) is 0.510. The predicted molar refractivity (Wildman–Crippen MR) is 41.7 cm³/mol. The standard InChI is InChI=1S/C8H12O2/c1-4-6-8(10-3)7(9)5-2/h4-6,9H,2H2,1,3H3/b6-4?,8-7-. The lowest BCUT2D eigenvalue weighted by atomic mass is 10.3. The number of aliphatic hydroxyl groups excluding tert-OH is 1. The van der Waals surface area contributed by atoms with Crippen molar-refractivity contribution in [2.24, 2.45) is 0 Å². The van der Waals surface area contributed by atoms with Crippen molar-refractivity contribution in [1.82, 2.24) is 0 Å². The minimum absolute atomic E-state index is 0.0561. The van der Waals surface area contributed by atoms with Gasteiger partial charge in [-0.05, 0) is 19.1 Å². The molecule has 0 aliphatic rings. The van der Waals surface area contributed by atoms with Gasteiger partial charge in [-0.2, -0.15) is 0 Å². The topological polar surface area (TPSA) is 29.5 Å². The molecule has 0 fully saturated rings. The highest BCUT2D eigenvalue weighted by atomic mass is 16.5. The van der Waals surface area contributed by atoms with Crippen LogP contribution in [0.15, 0.2) is 36.3 Å². The zero-order chi connectivity index (χ0) is 7.98. The Morgan fingerprint density at radius 2 is 2.20 bits per heavy atom. The lowest BCUT2D eigenvalue weighted by Gasteiger charge is -1.99. The minimum atomic E-state index is 0.0561. The number of methoxy groups -OCH3 is 1. The molecule has 0 aromatic rings. The van der Waals surface area contributed by atoms with Gasteiger partial charge in [0.15, 0.2) is 11.5 Å². The quantitative estimate of drug-likeness (QED) is 0.481. The largest absolute Gasteiger partial charge is 0.504 e. The monoisotopic (exact) mass is 140 g/mol. The minimum Gasteiger partial charge on any atom is -0.504 e. The van der Waals surface area contributed by atoms with Crippen LogP contribution in [0.2, 0.25) is 0 Å². The zero-order valence-electron chi connectivity index (χ0n) is 6.29. The van der Waals surface area contributed by atoms with Crippen molar-refractivity contribution < 1.29 is 9.84 Å². The molecule has 0 heterocycles. The molecule has 10 heavy (non-hydrogen) atoms. The first-order valence-electron chi connectivity index (χ1n) is 2.98. The van der Waals surface area contributed by atoms with Crippen molar-refractivity contribution in [3.63, 3.8) is 0 Å². The second kappa shape index (κ2) is 4.68. The molecule has 0 radical (unpaired) electrons. The van der Waals surface area contributed by atoms with E-state index in [0.717, 1.165) is 0 Å². The molecule has 1 N–H and O–H groups in total. The highest BCUT2D eigenvalue weighted by molar-refractivity contribution is 5.21. The van der Waals surface area contributed by atoms with Crippen molar-refractivity contribution in [1.29, 1.82) is 0 Å². The third kappa shape index (κ3) is 2.40. The first kappa shape index (κ1) is 8.82. The molecule has 0 atom stereocenters. The number of aliphatic hydroxyl groups is 1. The maximum Gasteiger partial charge on any atom is 0.160 e. The summed E-state index contributed by atoms with van der Waals surface area (Å²) < 4.78 is 4.81. The third-order valence-electron chi connectivity index (χ3n) is 0.984. The van der Waals surface area contributed by atoms with Gasteiger partial charge in [0.25, 0.3) is 0 Å². The Bertz CT molecular complexity index is 166. The van der Waals surface area contributed by atoms with Gasteiger partial charge in [0.05, 0.1) is 7.11 Å². The third-order valence-corrected chi connectivity index (χ3v) is 0.984. The summed E-state index contributed by atoms with van der Waals surface area (Å²) in [5, 5.41) is 9.03. The van der Waals surface area contributed by atoms with Crippen molar-refractivity contribution in [2.75, 3.05) is 7.11 Å². The van der Waals surface area contributed by atoms with Crippen LogP contribution in [0.1, 0.15) is 6.92 Å². The summed E-state index contributed by atoms with van der Waals surface area (Å²) in [7, 11) is 1.50. The van der Waals surface area contributed by atoms with Crippen LogP contribution < -0.4 is 0 Å². The zero-order valence-corrected chi connectivity index (χ0v) is 6.29. The maximum absolute atomic E-state index is 9.03. The highest BCUT2D eigenvalue weighted by Crippen LogP contribution is 2.04. The average Bonchev–Trinajstić information content (AvgIpc) is 1.99. The molecular weight excluding hydrogens is 128 g/mol. The van der Waals surface area contributed by atoms with Gasteiger partial charge in [-0.3, -0.25) is 0 Å². The number of allylic oxidation sites excluding steroid dienone is 3. The summed E-state index contributed by atoms with van der Waals surface area (Å²) >= 11 is 0. The molecule has 0 amide bonds. The lowest BCUT2D eigenvalue weighted by Crippen LogP contribution is -1.87. The first-order valence-corrected chi connectivity index (χ1v) is 2.98. The van der Waals surface area contributed by atoms with E-state index in [2.05, 4.69) is 6.58 Å². The van der Waals surface area contributed by atoms with E-state index in [1.54, 1.807) is 12.2 Å².